The van der Waals surface area contributed by atoms with Gasteiger partial charge in [0.2, 0.25) is 0 Å². The smallest absolute Gasteiger partial charge is 0.340 e. The number of aromatic nitrogens is 1. The summed E-state index contributed by atoms with van der Waals surface area (Å²) < 4.78 is 13.3. The maximum atomic E-state index is 13.0. The first-order valence-electron chi connectivity index (χ1n) is 9.49. The van der Waals surface area contributed by atoms with Crippen molar-refractivity contribution in [3.63, 3.8) is 0 Å². The highest BCUT2D eigenvalue weighted by atomic mass is 79.9. The average Bonchev–Trinajstić information content (AvgIpc) is 3.01. The number of nitrogens with zero attached hydrogens (tertiary/aromatic N) is 1. The van der Waals surface area contributed by atoms with E-state index in [2.05, 4.69) is 21.2 Å². The molecule has 1 heterocycles. The Morgan fingerprint density at radius 1 is 1.27 bits per heavy atom. The van der Waals surface area contributed by atoms with E-state index in [0.717, 1.165) is 5.69 Å². The fraction of sp³-hybridized carbons (Fsp3) is 0.318. The monoisotopic (exact) mass is 496 g/mol. The number of methoxy groups -OCH3 is 1. The first kappa shape index (κ1) is 24.1. The van der Waals surface area contributed by atoms with Gasteiger partial charge in [-0.15, -0.1) is 12.4 Å². The third-order valence-corrected chi connectivity index (χ3v) is 5.20. The number of hydrogen-bond acceptors (Lipinski definition) is 5. The molecule has 0 bridgehead atoms. The van der Waals surface area contributed by atoms with Gasteiger partial charge in [-0.3, -0.25) is 0 Å². The second-order valence-corrected chi connectivity index (χ2v) is 7.74. The van der Waals surface area contributed by atoms with Gasteiger partial charge in [0.05, 0.1) is 40.3 Å². The molecule has 2 aromatic carbocycles. The number of para-hydroxylation sites is 1. The molecule has 162 valence electrons. The molecule has 1 aromatic heterocycles. The van der Waals surface area contributed by atoms with Crippen molar-refractivity contribution in [2.45, 2.75) is 33.4 Å². The molecule has 0 radical (unpaired) electrons. The predicted octanol–water partition coefficient (Wildman–Crippen LogP) is 5.20. The fourth-order valence-electron chi connectivity index (χ4n) is 3.39. The standard InChI is InChI=1S/C22H25BrN2O4.ClH/c1-5-29-22(27)19-17(12-24-13(2)3)25(14-9-7-6-8-10-14)16-11-15(23)21(28-4)20(26)18(16)19;/h6-11,13,24,26H,5,12H2,1-4H3;1H. The number of phenols is 1. The van der Waals surface area contributed by atoms with E-state index in [1.807, 2.05) is 54.8 Å². The SMILES string of the molecule is CCOC(=O)c1c(CNC(C)C)n(-c2ccccc2)c2cc(Br)c(OC)c(O)c12.Cl. The molecule has 30 heavy (non-hydrogen) atoms. The summed E-state index contributed by atoms with van der Waals surface area (Å²) in [5.74, 6) is -0.301. The lowest BCUT2D eigenvalue weighted by atomic mass is 10.1. The predicted molar refractivity (Wildman–Crippen MR) is 124 cm³/mol. The summed E-state index contributed by atoms with van der Waals surface area (Å²) in [5.41, 5.74) is 2.62. The second-order valence-electron chi connectivity index (χ2n) is 6.88. The number of fused-ring (bicyclic) bond motifs is 1. The number of rotatable bonds is 7. The van der Waals surface area contributed by atoms with Crippen LogP contribution < -0.4 is 10.1 Å². The van der Waals surface area contributed by atoms with E-state index in [1.165, 1.54) is 7.11 Å². The van der Waals surface area contributed by atoms with Crippen molar-refractivity contribution in [3.05, 3.63) is 52.1 Å². The van der Waals surface area contributed by atoms with Crippen LogP contribution in [0.15, 0.2) is 40.9 Å². The normalized spacial score (nSPS) is 10.9. The van der Waals surface area contributed by atoms with E-state index in [9.17, 15) is 9.90 Å². The lowest BCUT2D eigenvalue weighted by Gasteiger charge is -2.15. The third-order valence-electron chi connectivity index (χ3n) is 4.61. The Labute approximate surface area is 190 Å². The quantitative estimate of drug-likeness (QED) is 0.439. The van der Waals surface area contributed by atoms with Crippen LogP contribution in [0.4, 0.5) is 0 Å². The van der Waals surface area contributed by atoms with Crippen LogP contribution in [0.25, 0.3) is 16.6 Å². The molecule has 0 aliphatic carbocycles. The van der Waals surface area contributed by atoms with Gasteiger partial charge in [0.15, 0.2) is 11.5 Å². The van der Waals surface area contributed by atoms with Crippen molar-refractivity contribution < 1.29 is 19.4 Å². The largest absolute Gasteiger partial charge is 0.504 e. The Morgan fingerprint density at radius 3 is 2.50 bits per heavy atom. The van der Waals surface area contributed by atoms with Crippen LogP contribution in [0.2, 0.25) is 0 Å². The molecular formula is C22H26BrClN2O4. The van der Waals surface area contributed by atoms with Crippen LogP contribution in [-0.2, 0) is 11.3 Å². The summed E-state index contributed by atoms with van der Waals surface area (Å²) in [7, 11) is 1.48. The molecule has 0 aliphatic heterocycles. The number of aromatic hydroxyl groups is 1. The Morgan fingerprint density at radius 2 is 1.93 bits per heavy atom. The Balaban J connectivity index is 0.00000320. The summed E-state index contributed by atoms with van der Waals surface area (Å²) in [6.07, 6.45) is 0. The van der Waals surface area contributed by atoms with Crippen LogP contribution in [0.1, 0.15) is 36.8 Å². The number of ether oxygens (including phenoxy) is 2. The molecule has 2 N–H and O–H groups in total. The first-order chi connectivity index (χ1) is 13.9. The number of carbonyl (C=O) groups is 1. The molecule has 0 fully saturated rings. The van der Waals surface area contributed by atoms with E-state index in [4.69, 9.17) is 9.47 Å². The van der Waals surface area contributed by atoms with Crippen molar-refractivity contribution >= 4 is 45.2 Å². The van der Waals surface area contributed by atoms with Crippen molar-refractivity contribution in [3.8, 4) is 17.2 Å². The molecule has 0 aliphatic rings. The lowest BCUT2D eigenvalue weighted by molar-refractivity contribution is 0.0526. The van der Waals surface area contributed by atoms with Crippen molar-refractivity contribution in [1.82, 2.24) is 9.88 Å². The van der Waals surface area contributed by atoms with Crippen LogP contribution in [0, 0.1) is 0 Å². The number of halogens is 2. The summed E-state index contributed by atoms with van der Waals surface area (Å²) in [5, 5.41) is 14.8. The maximum Gasteiger partial charge on any atom is 0.340 e. The number of benzene rings is 2. The second kappa shape index (κ2) is 10.2. The topological polar surface area (TPSA) is 72.7 Å². The van der Waals surface area contributed by atoms with Gasteiger partial charge in [0.1, 0.15) is 0 Å². The highest BCUT2D eigenvalue weighted by molar-refractivity contribution is 9.10. The highest BCUT2D eigenvalue weighted by Gasteiger charge is 2.29. The van der Waals surface area contributed by atoms with E-state index < -0.39 is 5.97 Å². The van der Waals surface area contributed by atoms with Gasteiger partial charge in [0, 0.05) is 18.3 Å². The molecule has 3 aromatic rings. The molecule has 0 amide bonds. The number of nitrogens with one attached hydrogen (secondary N) is 1. The zero-order valence-electron chi connectivity index (χ0n) is 17.4. The van der Waals surface area contributed by atoms with E-state index >= 15 is 0 Å². The van der Waals surface area contributed by atoms with Crippen LogP contribution in [0.3, 0.4) is 0 Å². The maximum absolute atomic E-state index is 13.0. The Hall–Kier alpha value is -2.22. The molecule has 0 saturated carbocycles. The molecule has 6 nitrogen and oxygen atoms in total. The van der Waals surface area contributed by atoms with E-state index in [-0.39, 0.29) is 36.6 Å². The van der Waals surface area contributed by atoms with Gasteiger partial charge in [0.25, 0.3) is 0 Å². The van der Waals surface area contributed by atoms with Gasteiger partial charge in [-0.2, -0.15) is 0 Å². The van der Waals surface area contributed by atoms with Gasteiger partial charge >= 0.3 is 5.97 Å². The number of hydrogen-bond donors (Lipinski definition) is 2. The van der Waals surface area contributed by atoms with Gasteiger partial charge in [-0.05, 0) is 41.1 Å². The van der Waals surface area contributed by atoms with Gasteiger partial charge < -0.3 is 24.5 Å². The third kappa shape index (κ3) is 4.43. The summed E-state index contributed by atoms with van der Waals surface area (Å²) in [6.45, 7) is 6.50. The minimum atomic E-state index is -0.479. The summed E-state index contributed by atoms with van der Waals surface area (Å²) in [6, 6.07) is 11.8. The molecule has 0 unspecified atom stereocenters. The molecule has 0 saturated heterocycles. The number of phenolic OH excluding ortho intramolecular Hbond substituents is 1. The molecule has 8 heteroatoms. The zero-order chi connectivity index (χ0) is 21.1. The Kier molecular flexibility index (Phi) is 8.18. The highest BCUT2D eigenvalue weighted by Crippen LogP contribution is 2.45. The van der Waals surface area contributed by atoms with Crippen molar-refractivity contribution in [2.24, 2.45) is 0 Å². The Bertz CT molecular complexity index is 1040. The minimum absolute atomic E-state index is 0. The van der Waals surface area contributed by atoms with E-state index in [1.54, 1.807) is 6.92 Å². The van der Waals surface area contributed by atoms with Crippen molar-refractivity contribution in [2.75, 3.05) is 13.7 Å². The molecule has 3 rings (SSSR count). The first-order valence-corrected chi connectivity index (χ1v) is 10.3. The summed E-state index contributed by atoms with van der Waals surface area (Å²) >= 11 is 3.47. The van der Waals surface area contributed by atoms with E-state index in [0.29, 0.717) is 33.2 Å². The van der Waals surface area contributed by atoms with Crippen LogP contribution in [0.5, 0.6) is 11.5 Å². The lowest BCUT2D eigenvalue weighted by Crippen LogP contribution is -2.25. The zero-order valence-corrected chi connectivity index (χ0v) is 19.8. The fourth-order valence-corrected chi connectivity index (χ4v) is 3.95. The average molecular weight is 498 g/mol. The molecule has 0 atom stereocenters. The minimum Gasteiger partial charge on any atom is -0.504 e. The van der Waals surface area contributed by atoms with Crippen molar-refractivity contribution in [1.29, 1.82) is 0 Å². The van der Waals surface area contributed by atoms with Crippen LogP contribution >= 0.6 is 28.3 Å². The molecule has 0 spiro atoms. The summed E-state index contributed by atoms with van der Waals surface area (Å²) in [4.78, 5) is 13.0. The number of esters is 1. The van der Waals surface area contributed by atoms with Gasteiger partial charge in [-0.1, -0.05) is 32.0 Å². The molecular weight excluding hydrogens is 472 g/mol. The number of carbonyl (C=O) groups excluding carboxylic acids is 1. The van der Waals surface area contributed by atoms with Crippen LogP contribution in [-0.4, -0.2) is 35.4 Å². The van der Waals surface area contributed by atoms with Gasteiger partial charge in [-0.25, -0.2) is 4.79 Å².